The van der Waals surface area contributed by atoms with Crippen molar-refractivity contribution in [2.75, 3.05) is 0 Å². The molecule has 0 bridgehead atoms. The van der Waals surface area contributed by atoms with Gasteiger partial charge < -0.3 is 4.57 Å². The summed E-state index contributed by atoms with van der Waals surface area (Å²) in [7, 11) is -3.02. The van der Waals surface area contributed by atoms with Crippen molar-refractivity contribution in [1.29, 1.82) is 0 Å². The number of fused-ring (bicyclic) bond motifs is 3. The maximum atomic E-state index is 14.8. The van der Waals surface area contributed by atoms with Crippen LogP contribution in [0.15, 0.2) is 158 Å². The van der Waals surface area contributed by atoms with Crippen LogP contribution in [0, 0.1) is 0 Å². The average Bonchev–Trinajstić information content (AvgIpc) is 3.05. The molecule has 0 aliphatic rings. The second-order valence-corrected chi connectivity index (χ2v) is 12.7. The van der Waals surface area contributed by atoms with Crippen LogP contribution in [0.25, 0.3) is 43.9 Å². The van der Waals surface area contributed by atoms with E-state index in [-0.39, 0.29) is 0 Å². The van der Waals surface area contributed by atoms with E-state index in [1.165, 1.54) is 16.5 Å². The minimum absolute atomic E-state index is 0.818. The lowest BCUT2D eigenvalue weighted by Gasteiger charge is -2.20. The van der Waals surface area contributed by atoms with Gasteiger partial charge in [0.1, 0.15) is 0 Å². The van der Waals surface area contributed by atoms with Crippen molar-refractivity contribution in [2.45, 2.75) is 0 Å². The van der Waals surface area contributed by atoms with E-state index in [0.717, 1.165) is 43.3 Å². The van der Waals surface area contributed by atoms with Crippen LogP contribution in [0.2, 0.25) is 0 Å². The fraction of sp³-hybridized carbons (Fsp3) is 0. The normalized spacial score (nSPS) is 11.6. The maximum Gasteiger partial charge on any atom is 0.171 e. The second-order valence-electron chi connectivity index (χ2n) is 9.92. The van der Waals surface area contributed by atoms with Crippen LogP contribution in [0.3, 0.4) is 0 Å². The molecule has 0 fully saturated rings. The lowest BCUT2D eigenvalue weighted by molar-refractivity contribution is 0.592. The van der Waals surface area contributed by atoms with Crippen molar-refractivity contribution < 1.29 is 4.57 Å². The predicted molar refractivity (Wildman–Crippen MR) is 170 cm³/mol. The Labute approximate surface area is 234 Å². The topological polar surface area (TPSA) is 30.0 Å². The summed E-state index contributed by atoms with van der Waals surface area (Å²) in [5.74, 6) is 0. The zero-order valence-electron chi connectivity index (χ0n) is 21.8. The van der Waals surface area contributed by atoms with Gasteiger partial charge in [-0.3, -0.25) is 4.98 Å². The summed E-state index contributed by atoms with van der Waals surface area (Å²) in [6.45, 7) is 0. The van der Waals surface area contributed by atoms with Crippen molar-refractivity contribution in [3.05, 3.63) is 158 Å². The minimum Gasteiger partial charge on any atom is -0.309 e. The summed E-state index contributed by atoms with van der Waals surface area (Å²) in [6, 6.07) is 51.1. The van der Waals surface area contributed by atoms with E-state index in [4.69, 9.17) is 4.98 Å². The van der Waals surface area contributed by atoms with Gasteiger partial charge in [0.2, 0.25) is 0 Å². The first-order valence-corrected chi connectivity index (χ1v) is 15.1. The summed E-state index contributed by atoms with van der Waals surface area (Å²) in [6.07, 6.45) is 1.97. The van der Waals surface area contributed by atoms with Crippen molar-refractivity contribution in [2.24, 2.45) is 0 Å². The van der Waals surface area contributed by atoms with E-state index in [9.17, 15) is 4.57 Å². The molecule has 2 nitrogen and oxygen atoms in total. The van der Waals surface area contributed by atoms with E-state index >= 15 is 0 Å². The van der Waals surface area contributed by atoms with Crippen LogP contribution in [0.5, 0.6) is 0 Å². The van der Waals surface area contributed by atoms with Gasteiger partial charge in [-0.1, -0.05) is 152 Å². The number of hydrogen-bond donors (Lipinski definition) is 0. The zero-order chi connectivity index (χ0) is 26.9. The first-order chi connectivity index (χ1) is 19.7. The number of pyridine rings is 1. The van der Waals surface area contributed by atoms with E-state index in [1.807, 2.05) is 85.1 Å². The van der Waals surface area contributed by atoms with Crippen LogP contribution >= 0.6 is 7.14 Å². The summed E-state index contributed by atoms with van der Waals surface area (Å²) in [4.78, 5) is 4.93. The van der Waals surface area contributed by atoms with Gasteiger partial charge >= 0.3 is 0 Å². The van der Waals surface area contributed by atoms with Gasteiger partial charge in [-0.05, 0) is 16.7 Å². The van der Waals surface area contributed by atoms with Crippen LogP contribution in [0.1, 0.15) is 0 Å². The molecule has 0 N–H and O–H groups in total. The third-order valence-electron chi connectivity index (χ3n) is 7.60. The Morgan fingerprint density at radius 2 is 0.975 bits per heavy atom. The largest absolute Gasteiger partial charge is 0.309 e. The number of rotatable bonds is 5. The van der Waals surface area contributed by atoms with Crippen LogP contribution in [-0.2, 0) is 4.57 Å². The smallest absolute Gasteiger partial charge is 0.171 e. The summed E-state index contributed by atoms with van der Waals surface area (Å²) in [5, 5.41) is 5.93. The standard InChI is InChI=1S/C37H26NOP/c39-40(30-15-6-2-7-16-30,31-17-8-3-9-18-31)32-24-22-28(23-25-32)34-20-11-21-35-36-29(26-38-37(34)35)14-10-19-33(36)27-12-4-1-5-13-27/h1-26H. The van der Waals surface area contributed by atoms with Gasteiger partial charge in [-0.15, -0.1) is 0 Å². The fourth-order valence-corrected chi connectivity index (χ4v) is 8.31. The highest BCUT2D eigenvalue weighted by atomic mass is 31.2. The van der Waals surface area contributed by atoms with Gasteiger partial charge in [-0.25, -0.2) is 0 Å². The third-order valence-corrected chi connectivity index (χ3v) is 10.7. The van der Waals surface area contributed by atoms with Gasteiger partial charge in [0.05, 0.1) is 5.52 Å². The van der Waals surface area contributed by atoms with Crippen molar-refractivity contribution in [3.63, 3.8) is 0 Å². The third kappa shape index (κ3) is 4.06. The number of benzene rings is 6. The molecule has 0 radical (unpaired) electrons. The minimum atomic E-state index is -3.02. The average molecular weight is 532 g/mol. The molecular weight excluding hydrogens is 505 g/mol. The zero-order valence-corrected chi connectivity index (χ0v) is 22.7. The van der Waals surface area contributed by atoms with Gasteiger partial charge in [0.15, 0.2) is 7.14 Å². The molecule has 40 heavy (non-hydrogen) atoms. The van der Waals surface area contributed by atoms with Crippen molar-refractivity contribution >= 4 is 44.7 Å². The van der Waals surface area contributed by atoms with Crippen LogP contribution in [-0.4, -0.2) is 4.98 Å². The molecule has 3 heteroatoms. The Kier molecular flexibility index (Phi) is 6.11. The molecule has 0 saturated heterocycles. The highest BCUT2D eigenvalue weighted by Gasteiger charge is 2.29. The van der Waals surface area contributed by atoms with Crippen LogP contribution < -0.4 is 15.9 Å². The molecule has 1 aromatic heterocycles. The van der Waals surface area contributed by atoms with Crippen molar-refractivity contribution in [3.8, 4) is 22.3 Å². The summed E-state index contributed by atoms with van der Waals surface area (Å²) < 4.78 is 14.8. The monoisotopic (exact) mass is 531 g/mol. The molecular formula is C37H26NOP. The highest BCUT2D eigenvalue weighted by molar-refractivity contribution is 7.85. The molecule has 0 saturated carbocycles. The molecule has 6 aromatic carbocycles. The Bertz CT molecular complexity index is 1960. The molecule has 0 aliphatic heterocycles. The summed E-state index contributed by atoms with van der Waals surface area (Å²) in [5.41, 5.74) is 5.45. The molecule has 7 aromatic rings. The Balaban J connectivity index is 1.38. The summed E-state index contributed by atoms with van der Waals surface area (Å²) >= 11 is 0. The van der Waals surface area contributed by atoms with E-state index < -0.39 is 7.14 Å². The molecule has 0 amide bonds. The first kappa shape index (κ1) is 24.3. The lowest BCUT2D eigenvalue weighted by Crippen LogP contribution is -2.24. The first-order valence-electron chi connectivity index (χ1n) is 13.4. The Hall–Kier alpha value is -4.78. The molecule has 7 rings (SSSR count). The quantitative estimate of drug-likeness (QED) is 0.165. The number of hydrogen-bond acceptors (Lipinski definition) is 2. The molecule has 1 heterocycles. The number of nitrogens with zero attached hydrogens (tertiary/aromatic N) is 1. The lowest BCUT2D eigenvalue weighted by atomic mass is 9.94. The van der Waals surface area contributed by atoms with E-state index in [0.29, 0.717) is 0 Å². The predicted octanol–water partition coefficient (Wildman–Crippen LogP) is 8.36. The number of aromatic nitrogens is 1. The van der Waals surface area contributed by atoms with E-state index in [2.05, 4.69) is 72.8 Å². The Morgan fingerprint density at radius 1 is 0.450 bits per heavy atom. The second kappa shape index (κ2) is 10.1. The molecule has 0 unspecified atom stereocenters. The van der Waals surface area contributed by atoms with Gasteiger partial charge in [0.25, 0.3) is 0 Å². The van der Waals surface area contributed by atoms with Gasteiger partial charge in [0, 0.05) is 43.8 Å². The molecule has 0 atom stereocenters. The Morgan fingerprint density at radius 3 is 1.62 bits per heavy atom. The number of para-hydroxylation sites is 1. The SMILES string of the molecule is O=P(c1ccccc1)(c1ccccc1)c1ccc(-c2cccc3c2ncc2cccc(-c4ccccc4)c23)cc1. The van der Waals surface area contributed by atoms with E-state index in [1.54, 1.807) is 0 Å². The molecule has 190 valence electrons. The molecule has 0 aliphatic carbocycles. The van der Waals surface area contributed by atoms with Gasteiger partial charge in [-0.2, -0.15) is 0 Å². The van der Waals surface area contributed by atoms with Crippen LogP contribution in [0.4, 0.5) is 0 Å². The maximum absolute atomic E-state index is 14.8. The molecule has 0 spiro atoms. The fourth-order valence-electron chi connectivity index (χ4n) is 5.66. The highest BCUT2D eigenvalue weighted by Crippen LogP contribution is 2.43. The van der Waals surface area contributed by atoms with Crippen molar-refractivity contribution in [1.82, 2.24) is 4.98 Å².